The van der Waals surface area contributed by atoms with Gasteiger partial charge in [0.2, 0.25) is 11.8 Å². The maximum Gasteiger partial charge on any atom is 0.246 e. The Labute approximate surface area is 112 Å². The van der Waals surface area contributed by atoms with Gasteiger partial charge in [0.25, 0.3) is 0 Å². The fourth-order valence-electron chi connectivity index (χ4n) is 2.04. The minimum absolute atomic E-state index is 0.0212. The van der Waals surface area contributed by atoms with Crippen LogP contribution in [0.25, 0.3) is 6.08 Å². The van der Waals surface area contributed by atoms with Gasteiger partial charge in [-0.1, -0.05) is 0 Å². The largest absolute Gasteiger partial charge is 0.339 e. The first kappa shape index (κ1) is 13.3. The van der Waals surface area contributed by atoms with Crippen molar-refractivity contribution in [3.05, 3.63) is 24.0 Å². The van der Waals surface area contributed by atoms with Crippen LogP contribution in [0.5, 0.6) is 0 Å². The molecule has 19 heavy (non-hydrogen) atoms. The first-order valence-corrected chi connectivity index (χ1v) is 6.27. The lowest BCUT2D eigenvalue weighted by Crippen LogP contribution is -2.49. The predicted molar refractivity (Wildman–Crippen MR) is 71.1 cm³/mol. The smallest absolute Gasteiger partial charge is 0.246 e. The second-order valence-corrected chi connectivity index (χ2v) is 4.61. The summed E-state index contributed by atoms with van der Waals surface area (Å²) in [6, 6.07) is 0. The fraction of sp³-hybridized carbons (Fsp3) is 0.462. The van der Waals surface area contributed by atoms with Crippen molar-refractivity contribution in [2.45, 2.75) is 6.92 Å². The zero-order valence-electron chi connectivity index (χ0n) is 11.2. The molecule has 2 heterocycles. The number of amides is 2. The van der Waals surface area contributed by atoms with E-state index in [0.717, 1.165) is 5.56 Å². The highest BCUT2D eigenvalue weighted by Crippen LogP contribution is 2.05. The maximum absolute atomic E-state index is 12.0. The molecule has 6 heteroatoms. The summed E-state index contributed by atoms with van der Waals surface area (Å²) in [5.41, 5.74) is 0.901. The number of aryl methyl sites for hydroxylation is 1. The molecule has 0 aliphatic carbocycles. The van der Waals surface area contributed by atoms with Gasteiger partial charge < -0.3 is 9.80 Å². The number of piperazine rings is 1. The van der Waals surface area contributed by atoms with Crippen LogP contribution in [0.2, 0.25) is 0 Å². The van der Waals surface area contributed by atoms with Crippen LogP contribution in [-0.2, 0) is 16.6 Å². The van der Waals surface area contributed by atoms with E-state index in [9.17, 15) is 9.59 Å². The van der Waals surface area contributed by atoms with E-state index in [2.05, 4.69) is 5.10 Å². The molecule has 1 saturated heterocycles. The summed E-state index contributed by atoms with van der Waals surface area (Å²) < 4.78 is 1.69. The summed E-state index contributed by atoms with van der Waals surface area (Å²) in [7, 11) is 1.83. The predicted octanol–water partition coefficient (Wildman–Crippen LogP) is 0.124. The molecule has 6 nitrogen and oxygen atoms in total. The minimum Gasteiger partial charge on any atom is -0.339 e. The number of hydrogen-bond acceptors (Lipinski definition) is 3. The van der Waals surface area contributed by atoms with Crippen molar-refractivity contribution in [1.29, 1.82) is 0 Å². The fourth-order valence-corrected chi connectivity index (χ4v) is 2.04. The van der Waals surface area contributed by atoms with Crippen LogP contribution in [0.3, 0.4) is 0 Å². The van der Waals surface area contributed by atoms with E-state index in [-0.39, 0.29) is 11.8 Å². The summed E-state index contributed by atoms with van der Waals surface area (Å²) in [5.74, 6) is 0.0463. The topological polar surface area (TPSA) is 58.4 Å². The van der Waals surface area contributed by atoms with E-state index in [0.29, 0.717) is 26.2 Å². The Morgan fingerprint density at radius 1 is 1.21 bits per heavy atom. The molecule has 102 valence electrons. The third kappa shape index (κ3) is 3.43. The number of rotatable bonds is 2. The third-order valence-corrected chi connectivity index (χ3v) is 3.18. The van der Waals surface area contributed by atoms with E-state index in [1.165, 1.54) is 0 Å². The summed E-state index contributed by atoms with van der Waals surface area (Å²) in [5, 5.41) is 4.03. The lowest BCUT2D eigenvalue weighted by molar-refractivity contribution is -0.135. The molecular formula is C13H18N4O2. The van der Waals surface area contributed by atoms with Gasteiger partial charge in [-0.2, -0.15) is 5.10 Å². The van der Waals surface area contributed by atoms with Crippen molar-refractivity contribution < 1.29 is 9.59 Å². The zero-order valence-corrected chi connectivity index (χ0v) is 11.2. The van der Waals surface area contributed by atoms with Crippen LogP contribution in [0.4, 0.5) is 0 Å². The molecule has 0 N–H and O–H groups in total. The van der Waals surface area contributed by atoms with Crippen LogP contribution in [0.1, 0.15) is 12.5 Å². The van der Waals surface area contributed by atoms with Crippen LogP contribution in [0.15, 0.2) is 18.5 Å². The molecule has 2 rings (SSSR count). The normalized spacial score (nSPS) is 16.1. The second-order valence-electron chi connectivity index (χ2n) is 4.61. The average molecular weight is 262 g/mol. The molecule has 0 bridgehead atoms. The molecule has 2 amide bonds. The Bertz CT molecular complexity index is 498. The van der Waals surface area contributed by atoms with Gasteiger partial charge in [-0.15, -0.1) is 0 Å². The first-order valence-electron chi connectivity index (χ1n) is 6.27. The monoisotopic (exact) mass is 262 g/mol. The number of nitrogens with zero attached hydrogens (tertiary/aromatic N) is 4. The van der Waals surface area contributed by atoms with Crippen molar-refractivity contribution in [3.8, 4) is 0 Å². The summed E-state index contributed by atoms with van der Waals surface area (Å²) in [4.78, 5) is 26.7. The Kier molecular flexibility index (Phi) is 3.99. The average Bonchev–Trinajstić information content (AvgIpc) is 2.82. The maximum atomic E-state index is 12.0. The number of carbonyl (C=O) groups excluding carboxylic acids is 2. The van der Waals surface area contributed by atoms with Crippen molar-refractivity contribution in [2.24, 2.45) is 7.05 Å². The van der Waals surface area contributed by atoms with Gasteiger partial charge in [-0.05, 0) is 6.08 Å². The van der Waals surface area contributed by atoms with Crippen LogP contribution in [0, 0.1) is 0 Å². The Hall–Kier alpha value is -2.11. The van der Waals surface area contributed by atoms with Gasteiger partial charge in [0.05, 0.1) is 6.20 Å². The van der Waals surface area contributed by atoms with Gasteiger partial charge in [0.15, 0.2) is 0 Å². The Balaban J connectivity index is 1.88. The lowest BCUT2D eigenvalue weighted by atomic mass is 10.2. The third-order valence-electron chi connectivity index (χ3n) is 3.18. The van der Waals surface area contributed by atoms with Crippen molar-refractivity contribution >= 4 is 17.9 Å². The highest BCUT2D eigenvalue weighted by molar-refractivity contribution is 5.91. The first-order chi connectivity index (χ1) is 9.06. The van der Waals surface area contributed by atoms with E-state index >= 15 is 0 Å². The standard InChI is InChI=1S/C13H18N4O2/c1-11(18)16-5-7-17(8-6-16)13(19)4-3-12-9-14-15(2)10-12/h3-4,9-10H,5-8H2,1-2H3/b4-3+. The Morgan fingerprint density at radius 2 is 1.84 bits per heavy atom. The molecule has 1 aromatic rings. The number of carbonyl (C=O) groups is 2. The molecule has 0 atom stereocenters. The van der Waals surface area contributed by atoms with E-state index < -0.39 is 0 Å². The van der Waals surface area contributed by atoms with Crippen LogP contribution < -0.4 is 0 Å². The van der Waals surface area contributed by atoms with Crippen LogP contribution in [-0.4, -0.2) is 57.6 Å². The van der Waals surface area contributed by atoms with Gasteiger partial charge in [-0.3, -0.25) is 14.3 Å². The van der Waals surface area contributed by atoms with E-state index in [1.54, 1.807) is 39.8 Å². The summed E-state index contributed by atoms with van der Waals surface area (Å²) in [6.07, 6.45) is 6.86. The van der Waals surface area contributed by atoms with Crippen molar-refractivity contribution in [3.63, 3.8) is 0 Å². The van der Waals surface area contributed by atoms with E-state index in [4.69, 9.17) is 0 Å². The highest BCUT2D eigenvalue weighted by Gasteiger charge is 2.20. The van der Waals surface area contributed by atoms with Gasteiger partial charge >= 0.3 is 0 Å². The van der Waals surface area contributed by atoms with E-state index in [1.807, 2.05) is 13.2 Å². The Morgan fingerprint density at radius 3 is 2.37 bits per heavy atom. The van der Waals surface area contributed by atoms with Crippen molar-refractivity contribution in [2.75, 3.05) is 26.2 Å². The van der Waals surface area contributed by atoms with Gasteiger partial charge in [-0.25, -0.2) is 0 Å². The molecule has 0 aromatic carbocycles. The molecule has 0 spiro atoms. The molecule has 1 aliphatic heterocycles. The SMILES string of the molecule is CC(=O)N1CCN(C(=O)/C=C/c2cnn(C)c2)CC1. The minimum atomic E-state index is -0.0212. The van der Waals surface area contributed by atoms with Gasteiger partial charge in [0.1, 0.15) is 0 Å². The molecule has 0 saturated carbocycles. The quantitative estimate of drug-likeness (QED) is 0.712. The molecule has 0 radical (unpaired) electrons. The number of hydrogen-bond donors (Lipinski definition) is 0. The molecule has 1 aromatic heterocycles. The van der Waals surface area contributed by atoms with Crippen molar-refractivity contribution in [1.82, 2.24) is 19.6 Å². The molecule has 0 unspecified atom stereocenters. The van der Waals surface area contributed by atoms with Gasteiger partial charge in [0, 0.05) is 58.0 Å². The molecule has 1 fully saturated rings. The second kappa shape index (κ2) is 5.69. The molecule has 1 aliphatic rings. The summed E-state index contributed by atoms with van der Waals surface area (Å²) >= 11 is 0. The zero-order chi connectivity index (χ0) is 13.8. The lowest BCUT2D eigenvalue weighted by Gasteiger charge is -2.33. The van der Waals surface area contributed by atoms with Crippen LogP contribution >= 0.6 is 0 Å². The number of aromatic nitrogens is 2. The highest BCUT2D eigenvalue weighted by atomic mass is 16.2. The molecular weight excluding hydrogens is 244 g/mol. The summed E-state index contributed by atoms with van der Waals surface area (Å²) in [6.45, 7) is 3.97.